The molecular formula is C16H18BrFN2. The van der Waals surface area contributed by atoms with E-state index in [2.05, 4.69) is 53.4 Å². The molecule has 0 spiro atoms. The summed E-state index contributed by atoms with van der Waals surface area (Å²) in [6.45, 7) is 4.14. The highest BCUT2D eigenvalue weighted by Crippen LogP contribution is 2.27. The second kappa shape index (κ2) is 6.48. The van der Waals surface area contributed by atoms with Gasteiger partial charge >= 0.3 is 0 Å². The van der Waals surface area contributed by atoms with Gasteiger partial charge in [0.2, 0.25) is 0 Å². The van der Waals surface area contributed by atoms with Crippen LogP contribution in [0, 0.1) is 19.7 Å². The van der Waals surface area contributed by atoms with Crippen LogP contribution in [0.4, 0.5) is 4.39 Å². The van der Waals surface area contributed by atoms with E-state index in [0.717, 1.165) is 10.0 Å². The number of nitrogens with one attached hydrogen (secondary N) is 1. The van der Waals surface area contributed by atoms with E-state index in [4.69, 9.17) is 5.84 Å². The van der Waals surface area contributed by atoms with Gasteiger partial charge in [-0.1, -0.05) is 45.3 Å². The van der Waals surface area contributed by atoms with Crippen LogP contribution in [0.5, 0.6) is 0 Å². The third-order valence-corrected chi connectivity index (χ3v) is 3.98. The van der Waals surface area contributed by atoms with Crippen LogP contribution in [0.3, 0.4) is 0 Å². The highest BCUT2D eigenvalue weighted by Gasteiger charge is 2.15. The second-order valence-electron chi connectivity index (χ2n) is 5.09. The van der Waals surface area contributed by atoms with E-state index in [1.807, 2.05) is 0 Å². The van der Waals surface area contributed by atoms with Gasteiger partial charge in [-0.15, -0.1) is 0 Å². The van der Waals surface area contributed by atoms with Crippen LogP contribution in [0.2, 0.25) is 0 Å². The Balaban J connectivity index is 2.31. The Morgan fingerprint density at radius 1 is 1.15 bits per heavy atom. The lowest BCUT2D eigenvalue weighted by Crippen LogP contribution is -2.30. The number of halogens is 2. The molecule has 0 heterocycles. The van der Waals surface area contributed by atoms with Crippen molar-refractivity contribution in [2.75, 3.05) is 0 Å². The number of hydrazine groups is 1. The SMILES string of the molecule is Cc1cc(C)cc(CC(NN)c2cc(F)ccc2Br)c1. The molecule has 4 heteroatoms. The number of aryl methyl sites for hydroxylation is 2. The Kier molecular flexibility index (Phi) is 4.91. The van der Waals surface area contributed by atoms with Gasteiger partial charge in [0.15, 0.2) is 0 Å². The third kappa shape index (κ3) is 3.66. The zero-order valence-corrected chi connectivity index (χ0v) is 13.2. The van der Waals surface area contributed by atoms with Gasteiger partial charge in [-0.2, -0.15) is 0 Å². The summed E-state index contributed by atoms with van der Waals surface area (Å²) < 4.78 is 14.3. The molecule has 3 N–H and O–H groups in total. The summed E-state index contributed by atoms with van der Waals surface area (Å²) in [6, 6.07) is 10.9. The van der Waals surface area contributed by atoms with E-state index >= 15 is 0 Å². The monoisotopic (exact) mass is 336 g/mol. The van der Waals surface area contributed by atoms with Crippen molar-refractivity contribution in [2.45, 2.75) is 26.3 Å². The van der Waals surface area contributed by atoms with E-state index in [1.165, 1.54) is 28.8 Å². The van der Waals surface area contributed by atoms with Gasteiger partial charge in [-0.25, -0.2) is 4.39 Å². The first-order valence-corrected chi connectivity index (χ1v) is 7.27. The van der Waals surface area contributed by atoms with Crippen molar-refractivity contribution in [3.05, 3.63) is 68.9 Å². The molecule has 0 amide bonds. The summed E-state index contributed by atoms with van der Waals surface area (Å²) >= 11 is 3.45. The first-order valence-electron chi connectivity index (χ1n) is 6.48. The number of benzene rings is 2. The molecule has 1 unspecified atom stereocenters. The van der Waals surface area contributed by atoms with E-state index in [1.54, 1.807) is 6.07 Å². The highest BCUT2D eigenvalue weighted by atomic mass is 79.9. The molecule has 0 aliphatic rings. The fraction of sp³-hybridized carbons (Fsp3) is 0.250. The van der Waals surface area contributed by atoms with Crippen molar-refractivity contribution in [1.29, 1.82) is 0 Å². The van der Waals surface area contributed by atoms with Crippen LogP contribution in [-0.2, 0) is 6.42 Å². The maximum absolute atomic E-state index is 13.4. The van der Waals surface area contributed by atoms with E-state index in [9.17, 15) is 4.39 Å². The molecule has 2 nitrogen and oxygen atoms in total. The summed E-state index contributed by atoms with van der Waals surface area (Å²) in [4.78, 5) is 0. The average Bonchev–Trinajstić information content (AvgIpc) is 2.38. The number of hydrogen-bond donors (Lipinski definition) is 2. The van der Waals surface area contributed by atoms with Crippen LogP contribution in [0.1, 0.15) is 28.3 Å². The zero-order valence-electron chi connectivity index (χ0n) is 11.6. The predicted molar refractivity (Wildman–Crippen MR) is 83.8 cm³/mol. The van der Waals surface area contributed by atoms with Crippen LogP contribution < -0.4 is 11.3 Å². The van der Waals surface area contributed by atoms with E-state index < -0.39 is 0 Å². The van der Waals surface area contributed by atoms with E-state index in [-0.39, 0.29) is 11.9 Å². The summed E-state index contributed by atoms with van der Waals surface area (Å²) in [5.74, 6) is 5.39. The van der Waals surface area contributed by atoms with Gasteiger partial charge < -0.3 is 0 Å². The molecule has 0 aromatic heterocycles. The molecule has 0 radical (unpaired) electrons. The lowest BCUT2D eigenvalue weighted by atomic mass is 9.97. The lowest BCUT2D eigenvalue weighted by Gasteiger charge is -2.18. The van der Waals surface area contributed by atoms with Gasteiger partial charge in [-0.3, -0.25) is 11.3 Å². The van der Waals surface area contributed by atoms with Crippen molar-refractivity contribution in [1.82, 2.24) is 5.43 Å². The standard InChI is InChI=1S/C16H18BrFN2/c1-10-5-11(2)7-12(6-10)8-16(20-19)14-9-13(18)3-4-15(14)17/h3-7,9,16,20H,8,19H2,1-2H3. The molecule has 0 saturated heterocycles. The Morgan fingerprint density at radius 3 is 2.40 bits per heavy atom. The maximum Gasteiger partial charge on any atom is 0.123 e. The smallest absolute Gasteiger partial charge is 0.123 e. The first-order chi connectivity index (χ1) is 9.49. The van der Waals surface area contributed by atoms with Crippen LogP contribution >= 0.6 is 15.9 Å². The van der Waals surface area contributed by atoms with Crippen molar-refractivity contribution in [3.63, 3.8) is 0 Å². The molecule has 0 bridgehead atoms. The van der Waals surface area contributed by atoms with Gasteiger partial charge in [-0.05, 0) is 49.6 Å². The van der Waals surface area contributed by atoms with Crippen molar-refractivity contribution in [3.8, 4) is 0 Å². The summed E-state index contributed by atoms with van der Waals surface area (Å²) in [6.07, 6.45) is 0.709. The van der Waals surface area contributed by atoms with Crippen molar-refractivity contribution in [2.24, 2.45) is 5.84 Å². The minimum Gasteiger partial charge on any atom is -0.271 e. The first kappa shape index (κ1) is 15.2. The van der Waals surface area contributed by atoms with Gasteiger partial charge in [0, 0.05) is 4.47 Å². The minimum absolute atomic E-state index is 0.138. The summed E-state index contributed by atoms with van der Waals surface area (Å²) in [5.41, 5.74) is 7.22. The maximum atomic E-state index is 13.4. The molecule has 2 aromatic carbocycles. The fourth-order valence-electron chi connectivity index (χ4n) is 2.46. The lowest BCUT2D eigenvalue weighted by molar-refractivity contribution is 0.542. The van der Waals surface area contributed by atoms with Gasteiger partial charge in [0.1, 0.15) is 5.82 Å². The Labute approximate surface area is 127 Å². The van der Waals surface area contributed by atoms with Gasteiger partial charge in [0.25, 0.3) is 0 Å². The largest absolute Gasteiger partial charge is 0.271 e. The molecule has 0 aliphatic heterocycles. The molecule has 1 atom stereocenters. The normalized spacial score (nSPS) is 12.4. The third-order valence-electron chi connectivity index (χ3n) is 3.26. The Hall–Kier alpha value is -1.23. The van der Waals surface area contributed by atoms with Crippen LogP contribution in [-0.4, -0.2) is 0 Å². The summed E-state index contributed by atoms with van der Waals surface area (Å²) in [7, 11) is 0. The Morgan fingerprint density at radius 2 is 1.80 bits per heavy atom. The number of hydrogen-bond acceptors (Lipinski definition) is 2. The zero-order chi connectivity index (χ0) is 14.7. The molecule has 2 rings (SSSR count). The highest BCUT2D eigenvalue weighted by molar-refractivity contribution is 9.10. The van der Waals surface area contributed by atoms with E-state index in [0.29, 0.717) is 6.42 Å². The number of nitrogens with two attached hydrogens (primary N) is 1. The molecule has 0 fully saturated rings. The predicted octanol–water partition coefficient (Wildman–Crippen LogP) is 3.95. The molecule has 106 valence electrons. The topological polar surface area (TPSA) is 38.0 Å². The molecule has 0 saturated carbocycles. The van der Waals surface area contributed by atoms with Crippen molar-refractivity contribution < 1.29 is 4.39 Å². The molecular weight excluding hydrogens is 319 g/mol. The molecule has 0 aliphatic carbocycles. The molecule has 2 aromatic rings. The second-order valence-corrected chi connectivity index (χ2v) is 5.94. The quantitative estimate of drug-likeness (QED) is 0.655. The van der Waals surface area contributed by atoms with Crippen LogP contribution in [0.15, 0.2) is 40.9 Å². The van der Waals surface area contributed by atoms with Crippen molar-refractivity contribution >= 4 is 15.9 Å². The minimum atomic E-state index is -0.260. The average molecular weight is 337 g/mol. The molecule has 20 heavy (non-hydrogen) atoms. The Bertz CT molecular complexity index is 593. The van der Waals surface area contributed by atoms with Crippen LogP contribution in [0.25, 0.3) is 0 Å². The fourth-order valence-corrected chi connectivity index (χ4v) is 2.99. The number of rotatable bonds is 4. The van der Waals surface area contributed by atoms with Gasteiger partial charge in [0.05, 0.1) is 6.04 Å². The summed E-state index contributed by atoms with van der Waals surface area (Å²) in [5, 5.41) is 0.